The Morgan fingerprint density at radius 1 is 0.457 bits per heavy atom. The Morgan fingerprint density at radius 2 is 0.739 bits per heavy atom. The predicted octanol–water partition coefficient (Wildman–Crippen LogP) is 13.7. The van der Waals surface area contributed by atoms with E-state index in [1.54, 1.807) is 0 Å². The highest BCUT2D eigenvalue weighted by atomic mass is 35.5. The monoisotopic (exact) mass is 726 g/mol. The molecule has 2 nitrogen and oxygen atoms in total. The molecule has 1 aromatic heterocycles. The van der Waals surface area contributed by atoms with Crippen molar-refractivity contribution in [2.45, 2.75) is 116 Å². The molecule has 0 saturated carbocycles. The Bertz CT molecular complexity index is 1760. The van der Waals surface area contributed by atoms with Gasteiger partial charge in [-0.3, -0.25) is 0 Å². The highest BCUT2D eigenvalue weighted by Gasteiger charge is 2.43. The summed E-state index contributed by atoms with van der Waals surface area (Å²) in [5.41, 5.74) is 14.5. The molecule has 4 aromatic rings. The molecule has 4 rings (SSSR count). The second-order valence-corrected chi connectivity index (χ2v) is 27.1. The summed E-state index contributed by atoms with van der Waals surface area (Å²) in [6.45, 7) is 27.9. The third-order valence-electron chi connectivity index (χ3n) is 10.4. The largest absolute Gasteiger partial charge is 0.241 e. The highest BCUT2D eigenvalue weighted by molar-refractivity contribution is 6.91. The van der Waals surface area contributed by atoms with E-state index in [2.05, 4.69) is 130 Å². The Labute approximate surface area is 298 Å². The van der Waals surface area contributed by atoms with Crippen molar-refractivity contribution in [2.75, 3.05) is 0 Å². The van der Waals surface area contributed by atoms with E-state index in [9.17, 15) is 0 Å². The first-order chi connectivity index (χ1) is 21.4. The molecule has 0 atom stereocenters. The van der Waals surface area contributed by atoms with Crippen LogP contribution in [-0.4, -0.2) is 26.1 Å². The fourth-order valence-corrected chi connectivity index (χ4v) is 19.5. The van der Waals surface area contributed by atoms with Crippen molar-refractivity contribution in [3.05, 3.63) is 55.5 Å². The Morgan fingerprint density at radius 3 is 1.00 bits per heavy atom. The number of hydrogen-bond acceptors (Lipinski definition) is 2. The lowest BCUT2D eigenvalue weighted by Gasteiger charge is -2.38. The summed E-state index contributed by atoms with van der Waals surface area (Å²) in [6.07, 6.45) is 0. The van der Waals surface area contributed by atoms with Crippen molar-refractivity contribution in [3.63, 3.8) is 0 Å². The zero-order valence-corrected chi connectivity index (χ0v) is 34.2. The lowest BCUT2D eigenvalue weighted by Crippen LogP contribution is -2.43. The molecule has 0 N–H and O–H groups in total. The molecule has 0 amide bonds. The smallest absolute Gasteiger partial charge is 0.146 e. The van der Waals surface area contributed by atoms with Crippen LogP contribution < -0.4 is 0 Å². The van der Waals surface area contributed by atoms with Crippen LogP contribution in [0.2, 0.25) is 53.3 Å². The number of benzene rings is 3. The zero-order chi connectivity index (χ0) is 34.5. The summed E-state index contributed by atoms with van der Waals surface area (Å²) < 4.78 is 0. The molecule has 0 radical (unpaired) electrons. The first kappa shape index (κ1) is 37.1. The molecule has 8 heteroatoms. The molecule has 0 aliphatic rings. The van der Waals surface area contributed by atoms with E-state index in [1.807, 2.05) is 0 Å². The van der Waals surface area contributed by atoms with Crippen LogP contribution in [0.15, 0.2) is 24.3 Å². The molecule has 3 aromatic carbocycles. The van der Waals surface area contributed by atoms with Gasteiger partial charge in [0, 0.05) is 10.8 Å². The minimum absolute atomic E-state index is 0.162. The summed E-state index contributed by atoms with van der Waals surface area (Å²) >= 11 is 26.6. The van der Waals surface area contributed by atoms with Gasteiger partial charge in [-0.25, -0.2) is 9.97 Å². The zero-order valence-electron chi connectivity index (χ0n) is 29.2. The summed E-state index contributed by atoms with van der Waals surface area (Å²) in [6, 6.07) is 8.36. The van der Waals surface area contributed by atoms with Crippen molar-refractivity contribution in [1.82, 2.24) is 9.97 Å². The van der Waals surface area contributed by atoms with Gasteiger partial charge in [0.15, 0.2) is 0 Å². The standard InChI is InChI=1S/C38H46Cl4N2Si2/c1-21(2)45(22(3)4,23(5)6)19-17-29-27-15-13-14-16-28(27)30(18-20-46(24(7)8,25(9)10)26(11)12)36-35(29)43-37-33(41)31(39)32(40)34(42)38(37)44-36/h13-16,21-26H,1-12H3. The van der Waals surface area contributed by atoms with Gasteiger partial charge < -0.3 is 0 Å². The number of hydrogen-bond donors (Lipinski definition) is 0. The topological polar surface area (TPSA) is 25.8 Å². The molecule has 0 fully saturated rings. The minimum atomic E-state index is -2.08. The van der Waals surface area contributed by atoms with Crippen molar-refractivity contribution in [3.8, 4) is 22.9 Å². The molecular weight excluding hydrogens is 682 g/mol. The number of nitrogens with zero attached hydrogens (tertiary/aromatic N) is 2. The lowest BCUT2D eigenvalue weighted by molar-refractivity contribution is 0.838. The lowest BCUT2D eigenvalue weighted by atomic mass is 9.97. The predicted molar refractivity (Wildman–Crippen MR) is 210 cm³/mol. The quantitative estimate of drug-likeness (QED) is 0.0649. The molecule has 0 aliphatic carbocycles. The van der Waals surface area contributed by atoms with E-state index in [0.29, 0.717) is 55.3 Å². The molecular formula is C38H46Cl4N2Si2. The number of fused-ring (bicyclic) bond motifs is 3. The summed E-state index contributed by atoms with van der Waals surface area (Å²) in [7, 11) is -4.17. The van der Waals surface area contributed by atoms with E-state index in [1.165, 1.54) is 0 Å². The fourth-order valence-electron chi connectivity index (χ4n) is 8.13. The third kappa shape index (κ3) is 6.02. The maximum atomic E-state index is 6.78. The van der Waals surface area contributed by atoms with Gasteiger partial charge in [0.05, 0.1) is 31.2 Å². The maximum Gasteiger partial charge on any atom is 0.146 e. The summed E-state index contributed by atoms with van der Waals surface area (Å²) in [5.74, 6) is 7.46. The molecule has 46 heavy (non-hydrogen) atoms. The van der Waals surface area contributed by atoms with Gasteiger partial charge in [-0.1, -0.05) is 166 Å². The van der Waals surface area contributed by atoms with Crippen LogP contribution in [0.1, 0.15) is 94.2 Å². The average Bonchev–Trinajstić information content (AvgIpc) is 2.98. The normalized spacial score (nSPS) is 12.7. The Hall–Kier alpha value is -1.77. The van der Waals surface area contributed by atoms with Crippen LogP contribution in [0.5, 0.6) is 0 Å². The SMILES string of the molecule is CC(C)[Si](C#Cc1c2ccccc2c(C#C[Si](C(C)C)(C(C)C)C(C)C)c2nc3c(Cl)c(Cl)c(Cl)c(Cl)c3nc12)(C(C)C)C(C)C. The second kappa shape index (κ2) is 14.0. The van der Waals surface area contributed by atoms with E-state index in [0.717, 1.165) is 21.9 Å². The van der Waals surface area contributed by atoms with E-state index < -0.39 is 16.1 Å². The fraction of sp³-hybridized carbons (Fsp3) is 0.474. The molecule has 0 spiro atoms. The number of halogens is 4. The van der Waals surface area contributed by atoms with Crippen molar-refractivity contribution >= 4 is 95.4 Å². The molecule has 244 valence electrons. The molecule has 0 unspecified atom stereocenters. The third-order valence-corrected chi connectivity index (χ3v) is 24.7. The van der Waals surface area contributed by atoms with Crippen LogP contribution in [0, 0.1) is 22.9 Å². The van der Waals surface area contributed by atoms with Crippen LogP contribution in [-0.2, 0) is 0 Å². The van der Waals surface area contributed by atoms with Gasteiger partial charge in [0.25, 0.3) is 0 Å². The first-order valence-electron chi connectivity index (χ1n) is 16.4. The van der Waals surface area contributed by atoms with Crippen molar-refractivity contribution < 1.29 is 0 Å². The van der Waals surface area contributed by atoms with Crippen LogP contribution >= 0.6 is 46.4 Å². The molecule has 0 aliphatic heterocycles. The molecule has 0 bridgehead atoms. The van der Waals surface area contributed by atoms with Gasteiger partial charge in [0.1, 0.15) is 38.2 Å². The highest BCUT2D eigenvalue weighted by Crippen LogP contribution is 2.45. The Balaban J connectivity index is 2.31. The van der Waals surface area contributed by atoms with Gasteiger partial charge in [-0.15, -0.1) is 11.1 Å². The van der Waals surface area contributed by atoms with E-state index in [-0.39, 0.29) is 20.1 Å². The van der Waals surface area contributed by atoms with E-state index >= 15 is 0 Å². The Kier molecular flexibility index (Phi) is 11.3. The van der Waals surface area contributed by atoms with Gasteiger partial charge in [0.2, 0.25) is 0 Å². The average molecular weight is 729 g/mol. The number of aromatic nitrogens is 2. The van der Waals surface area contributed by atoms with Gasteiger partial charge in [-0.2, -0.15) is 0 Å². The summed E-state index contributed by atoms with van der Waals surface area (Å²) in [5, 5.41) is 2.79. The van der Waals surface area contributed by atoms with Crippen molar-refractivity contribution in [2.24, 2.45) is 0 Å². The minimum Gasteiger partial charge on any atom is -0.241 e. The molecule has 1 heterocycles. The van der Waals surface area contributed by atoms with Crippen LogP contribution in [0.4, 0.5) is 0 Å². The number of rotatable bonds is 6. The van der Waals surface area contributed by atoms with Crippen molar-refractivity contribution in [1.29, 1.82) is 0 Å². The summed E-state index contributed by atoms with van der Waals surface area (Å²) in [4.78, 5) is 10.3. The van der Waals surface area contributed by atoms with Crippen LogP contribution in [0.25, 0.3) is 32.8 Å². The first-order valence-corrected chi connectivity index (χ1v) is 22.4. The van der Waals surface area contributed by atoms with Gasteiger partial charge in [-0.05, 0) is 33.2 Å². The van der Waals surface area contributed by atoms with Crippen LogP contribution in [0.3, 0.4) is 0 Å². The maximum absolute atomic E-state index is 6.78. The molecule has 0 saturated heterocycles. The van der Waals surface area contributed by atoms with E-state index in [4.69, 9.17) is 56.4 Å². The second-order valence-electron chi connectivity index (χ2n) is 14.5. The van der Waals surface area contributed by atoms with Gasteiger partial charge >= 0.3 is 0 Å².